The lowest BCUT2D eigenvalue weighted by molar-refractivity contribution is 0.602. The van der Waals surface area contributed by atoms with Gasteiger partial charge in [0, 0.05) is 0 Å². The highest BCUT2D eigenvalue weighted by molar-refractivity contribution is 5.70. The number of nitrogens with two attached hydrogens (primary N) is 1. The van der Waals surface area contributed by atoms with E-state index in [0.29, 0.717) is 11.2 Å². The number of H-pyrrole nitrogens is 1. The van der Waals surface area contributed by atoms with Crippen LogP contribution in [0.15, 0.2) is 23.3 Å². The molecule has 1 aliphatic carbocycles. The van der Waals surface area contributed by atoms with Gasteiger partial charge in [-0.05, 0) is 12.8 Å². The molecule has 6 heteroatoms. The van der Waals surface area contributed by atoms with E-state index in [-0.39, 0.29) is 17.5 Å². The van der Waals surface area contributed by atoms with Gasteiger partial charge in [-0.2, -0.15) is 4.98 Å². The molecule has 82 valence electrons. The van der Waals surface area contributed by atoms with Crippen molar-refractivity contribution in [2.24, 2.45) is 0 Å². The van der Waals surface area contributed by atoms with Crippen LogP contribution < -0.4 is 11.3 Å². The van der Waals surface area contributed by atoms with E-state index < -0.39 is 0 Å². The van der Waals surface area contributed by atoms with Crippen molar-refractivity contribution in [1.82, 2.24) is 19.5 Å². The number of imidazole rings is 1. The summed E-state index contributed by atoms with van der Waals surface area (Å²) in [7, 11) is 0. The second-order valence-electron chi connectivity index (χ2n) is 3.85. The second-order valence-corrected chi connectivity index (χ2v) is 3.85. The molecule has 3 rings (SSSR count). The summed E-state index contributed by atoms with van der Waals surface area (Å²) in [5.41, 5.74) is 6.13. The molecule has 2 aromatic heterocycles. The van der Waals surface area contributed by atoms with Crippen molar-refractivity contribution in [2.45, 2.75) is 18.9 Å². The monoisotopic (exact) mass is 217 g/mol. The molecule has 2 aromatic rings. The van der Waals surface area contributed by atoms with Crippen LogP contribution in [0.4, 0.5) is 5.95 Å². The number of hydrogen-bond acceptors (Lipinski definition) is 4. The lowest BCUT2D eigenvalue weighted by Crippen LogP contribution is -2.13. The predicted octanol–water partition coefficient (Wildman–Crippen LogP) is 0.593. The maximum atomic E-state index is 11.6. The Labute approximate surface area is 90.8 Å². The summed E-state index contributed by atoms with van der Waals surface area (Å²) in [5, 5.41) is 0. The molecule has 0 amide bonds. The molecule has 1 unspecified atom stereocenters. The minimum atomic E-state index is -0.289. The third-order valence-corrected chi connectivity index (χ3v) is 2.80. The minimum absolute atomic E-state index is 0.126. The van der Waals surface area contributed by atoms with Crippen LogP contribution in [0, 0.1) is 0 Å². The molecule has 0 fully saturated rings. The van der Waals surface area contributed by atoms with Crippen LogP contribution in [-0.2, 0) is 0 Å². The quantitative estimate of drug-likeness (QED) is 0.684. The van der Waals surface area contributed by atoms with Crippen molar-refractivity contribution < 1.29 is 0 Å². The highest BCUT2D eigenvalue weighted by Gasteiger charge is 2.16. The minimum Gasteiger partial charge on any atom is -0.369 e. The summed E-state index contributed by atoms with van der Waals surface area (Å²) in [4.78, 5) is 22.2. The molecule has 0 saturated heterocycles. The first-order valence-electron chi connectivity index (χ1n) is 5.14. The molecule has 1 atom stereocenters. The largest absolute Gasteiger partial charge is 0.369 e. The third-order valence-electron chi connectivity index (χ3n) is 2.80. The molecular weight excluding hydrogens is 206 g/mol. The van der Waals surface area contributed by atoms with Crippen molar-refractivity contribution >= 4 is 17.1 Å². The fraction of sp³-hybridized carbons (Fsp3) is 0.300. The summed E-state index contributed by atoms with van der Waals surface area (Å²) >= 11 is 0. The molecule has 16 heavy (non-hydrogen) atoms. The van der Waals surface area contributed by atoms with Crippen molar-refractivity contribution in [2.75, 3.05) is 5.73 Å². The zero-order valence-electron chi connectivity index (χ0n) is 8.55. The number of nitrogens with zero attached hydrogens (tertiary/aromatic N) is 3. The van der Waals surface area contributed by atoms with Crippen LogP contribution in [-0.4, -0.2) is 19.5 Å². The van der Waals surface area contributed by atoms with Gasteiger partial charge < -0.3 is 10.3 Å². The van der Waals surface area contributed by atoms with Gasteiger partial charge in [0.15, 0.2) is 11.2 Å². The van der Waals surface area contributed by atoms with E-state index in [2.05, 4.69) is 27.1 Å². The van der Waals surface area contributed by atoms with E-state index in [9.17, 15) is 4.79 Å². The van der Waals surface area contributed by atoms with E-state index in [4.69, 9.17) is 5.73 Å². The van der Waals surface area contributed by atoms with Crippen molar-refractivity contribution in [1.29, 1.82) is 0 Å². The summed E-state index contributed by atoms with van der Waals surface area (Å²) in [6.07, 6.45) is 7.92. The van der Waals surface area contributed by atoms with Gasteiger partial charge in [0.1, 0.15) is 0 Å². The summed E-state index contributed by atoms with van der Waals surface area (Å²) in [6.45, 7) is 0. The number of hydrogen-bond donors (Lipinski definition) is 2. The highest BCUT2D eigenvalue weighted by Crippen LogP contribution is 2.24. The van der Waals surface area contributed by atoms with Crippen LogP contribution in [0.5, 0.6) is 0 Å². The lowest BCUT2D eigenvalue weighted by atomic mass is 10.2. The average Bonchev–Trinajstić information content (AvgIpc) is 2.83. The van der Waals surface area contributed by atoms with Crippen LogP contribution >= 0.6 is 0 Å². The average molecular weight is 217 g/mol. The molecule has 0 aliphatic heterocycles. The molecule has 3 N–H and O–H groups in total. The van der Waals surface area contributed by atoms with Crippen molar-refractivity contribution in [3.05, 3.63) is 28.8 Å². The normalized spacial score (nSPS) is 19.6. The number of allylic oxidation sites excluding steroid dienone is 2. The molecule has 0 spiro atoms. The number of nitrogen functional groups attached to an aromatic ring is 1. The number of aromatic amines is 1. The first kappa shape index (κ1) is 9.14. The van der Waals surface area contributed by atoms with Crippen LogP contribution in [0.1, 0.15) is 18.9 Å². The zero-order chi connectivity index (χ0) is 11.1. The Morgan fingerprint density at radius 2 is 2.44 bits per heavy atom. The van der Waals surface area contributed by atoms with E-state index in [1.807, 2.05) is 4.57 Å². The van der Waals surface area contributed by atoms with Gasteiger partial charge in [0.25, 0.3) is 5.56 Å². The van der Waals surface area contributed by atoms with Crippen LogP contribution in [0.2, 0.25) is 0 Å². The first-order chi connectivity index (χ1) is 7.75. The number of aromatic nitrogens is 4. The lowest BCUT2D eigenvalue weighted by Gasteiger charge is -2.09. The standard InChI is InChI=1S/C10H11N5O/c11-10-13-8-7(9(16)14-10)12-5-15(8)6-3-1-2-4-6/h1,3,5-6H,2,4H2,(H3,11,13,14,16). The Hall–Kier alpha value is -2.11. The molecule has 6 nitrogen and oxygen atoms in total. The maximum absolute atomic E-state index is 11.6. The summed E-state index contributed by atoms with van der Waals surface area (Å²) < 4.78 is 1.89. The van der Waals surface area contributed by atoms with Crippen LogP contribution in [0.25, 0.3) is 11.2 Å². The van der Waals surface area contributed by atoms with Gasteiger partial charge in [0.05, 0.1) is 12.4 Å². The smallest absolute Gasteiger partial charge is 0.280 e. The fourth-order valence-electron chi connectivity index (χ4n) is 2.03. The summed E-state index contributed by atoms with van der Waals surface area (Å²) in [6, 6.07) is 0.235. The molecular formula is C10H11N5O. The maximum Gasteiger partial charge on any atom is 0.280 e. The van der Waals surface area contributed by atoms with Gasteiger partial charge in [-0.15, -0.1) is 0 Å². The Bertz CT molecular complexity index is 624. The molecule has 0 aromatic carbocycles. The van der Waals surface area contributed by atoms with Gasteiger partial charge in [-0.1, -0.05) is 12.2 Å². The van der Waals surface area contributed by atoms with E-state index in [1.54, 1.807) is 6.33 Å². The number of anilines is 1. The number of fused-ring (bicyclic) bond motifs is 1. The van der Waals surface area contributed by atoms with Crippen molar-refractivity contribution in [3.8, 4) is 0 Å². The highest BCUT2D eigenvalue weighted by atomic mass is 16.1. The zero-order valence-corrected chi connectivity index (χ0v) is 8.55. The van der Waals surface area contributed by atoms with Gasteiger partial charge in [-0.25, -0.2) is 4.98 Å². The second kappa shape index (κ2) is 3.19. The fourth-order valence-corrected chi connectivity index (χ4v) is 2.03. The van der Waals surface area contributed by atoms with Gasteiger partial charge >= 0.3 is 0 Å². The van der Waals surface area contributed by atoms with Gasteiger partial charge in [0.2, 0.25) is 5.95 Å². The first-order valence-corrected chi connectivity index (χ1v) is 5.14. The number of rotatable bonds is 1. The van der Waals surface area contributed by atoms with E-state index in [0.717, 1.165) is 12.8 Å². The molecule has 2 heterocycles. The Morgan fingerprint density at radius 3 is 3.19 bits per heavy atom. The van der Waals surface area contributed by atoms with Gasteiger partial charge in [-0.3, -0.25) is 9.78 Å². The predicted molar refractivity (Wildman–Crippen MR) is 60.0 cm³/mol. The molecule has 0 bridgehead atoms. The molecule has 1 aliphatic rings. The Kier molecular flexibility index (Phi) is 1.82. The molecule has 0 radical (unpaired) electrons. The Morgan fingerprint density at radius 1 is 1.56 bits per heavy atom. The third kappa shape index (κ3) is 1.23. The van der Waals surface area contributed by atoms with E-state index in [1.165, 1.54) is 0 Å². The number of nitrogens with one attached hydrogen (secondary N) is 1. The Balaban J connectivity index is 2.26. The summed E-state index contributed by atoms with van der Waals surface area (Å²) in [5.74, 6) is 0.126. The molecule has 0 saturated carbocycles. The van der Waals surface area contributed by atoms with Crippen LogP contribution in [0.3, 0.4) is 0 Å². The van der Waals surface area contributed by atoms with E-state index >= 15 is 0 Å². The van der Waals surface area contributed by atoms with Crippen molar-refractivity contribution in [3.63, 3.8) is 0 Å². The SMILES string of the molecule is Nc1nc2c(ncn2C2C=CCC2)c(=O)[nH]1. The topological polar surface area (TPSA) is 89.6 Å².